The molecule has 1 aromatic carbocycles. The first-order valence-corrected chi connectivity index (χ1v) is 5.71. The summed E-state index contributed by atoms with van der Waals surface area (Å²) in [7, 11) is 1.69. The highest BCUT2D eigenvalue weighted by atomic mass is 16.5. The summed E-state index contributed by atoms with van der Waals surface area (Å²) in [5.74, 6) is 1.58. The third-order valence-electron chi connectivity index (χ3n) is 3.41. The van der Waals surface area contributed by atoms with Gasteiger partial charge in [-0.2, -0.15) is 0 Å². The lowest BCUT2D eigenvalue weighted by atomic mass is 9.92. The van der Waals surface area contributed by atoms with Crippen LogP contribution in [0, 0.1) is 5.92 Å². The zero-order chi connectivity index (χ0) is 10.7. The van der Waals surface area contributed by atoms with Crippen LogP contribution < -0.4 is 10.5 Å². The van der Waals surface area contributed by atoms with E-state index in [4.69, 9.17) is 10.5 Å². The van der Waals surface area contributed by atoms with E-state index in [2.05, 4.69) is 12.1 Å². The molecule has 2 rings (SSSR count). The average molecular weight is 205 g/mol. The van der Waals surface area contributed by atoms with E-state index >= 15 is 0 Å². The molecule has 0 spiro atoms. The van der Waals surface area contributed by atoms with E-state index in [0.29, 0.717) is 5.92 Å². The number of rotatable bonds is 3. The molecule has 1 atom stereocenters. The van der Waals surface area contributed by atoms with Crippen molar-refractivity contribution in [3.05, 3.63) is 29.8 Å². The highest BCUT2D eigenvalue weighted by Crippen LogP contribution is 2.34. The average Bonchev–Trinajstić information content (AvgIpc) is 2.82. The molecule has 1 fully saturated rings. The number of benzene rings is 1. The molecule has 1 aliphatic carbocycles. The quantitative estimate of drug-likeness (QED) is 0.823. The Bertz CT molecular complexity index is 301. The Balaban J connectivity index is 2.07. The third-order valence-corrected chi connectivity index (χ3v) is 3.41. The molecule has 0 heterocycles. The van der Waals surface area contributed by atoms with Crippen molar-refractivity contribution in [2.45, 2.75) is 31.7 Å². The second-order valence-electron chi connectivity index (χ2n) is 4.34. The zero-order valence-electron chi connectivity index (χ0n) is 9.28. The van der Waals surface area contributed by atoms with Crippen LogP contribution in [0.5, 0.6) is 5.75 Å². The van der Waals surface area contributed by atoms with Crippen LogP contribution in [0.4, 0.5) is 0 Å². The van der Waals surface area contributed by atoms with Gasteiger partial charge in [-0.1, -0.05) is 25.0 Å². The summed E-state index contributed by atoms with van der Waals surface area (Å²) in [6.45, 7) is 0. The molecule has 0 saturated heterocycles. The Morgan fingerprint density at radius 2 is 1.80 bits per heavy atom. The topological polar surface area (TPSA) is 35.2 Å². The highest BCUT2D eigenvalue weighted by Gasteiger charge is 2.22. The van der Waals surface area contributed by atoms with Gasteiger partial charge in [0, 0.05) is 6.04 Å². The van der Waals surface area contributed by atoms with Crippen molar-refractivity contribution in [3.63, 3.8) is 0 Å². The fourth-order valence-corrected chi connectivity index (χ4v) is 2.41. The zero-order valence-corrected chi connectivity index (χ0v) is 9.28. The Hall–Kier alpha value is -1.02. The third kappa shape index (κ3) is 2.32. The Morgan fingerprint density at radius 1 is 1.20 bits per heavy atom. The van der Waals surface area contributed by atoms with Gasteiger partial charge in [-0.15, -0.1) is 0 Å². The van der Waals surface area contributed by atoms with E-state index in [9.17, 15) is 0 Å². The van der Waals surface area contributed by atoms with Crippen LogP contribution in [0.3, 0.4) is 0 Å². The van der Waals surface area contributed by atoms with Crippen LogP contribution in [-0.2, 0) is 0 Å². The number of ether oxygens (including phenoxy) is 1. The minimum atomic E-state index is 0.207. The molecule has 2 heteroatoms. The lowest BCUT2D eigenvalue weighted by Crippen LogP contribution is -2.18. The second-order valence-corrected chi connectivity index (χ2v) is 4.34. The van der Waals surface area contributed by atoms with Gasteiger partial charge in [-0.25, -0.2) is 0 Å². The molecular weight excluding hydrogens is 186 g/mol. The summed E-state index contributed by atoms with van der Waals surface area (Å²) in [4.78, 5) is 0. The van der Waals surface area contributed by atoms with Crippen LogP contribution in [0.2, 0.25) is 0 Å². The molecule has 2 N–H and O–H groups in total. The maximum absolute atomic E-state index is 6.25. The van der Waals surface area contributed by atoms with Gasteiger partial charge >= 0.3 is 0 Å². The van der Waals surface area contributed by atoms with Crippen LogP contribution in [0.15, 0.2) is 24.3 Å². The van der Waals surface area contributed by atoms with E-state index in [0.717, 1.165) is 5.75 Å². The maximum Gasteiger partial charge on any atom is 0.118 e. The van der Waals surface area contributed by atoms with E-state index < -0.39 is 0 Å². The van der Waals surface area contributed by atoms with Crippen molar-refractivity contribution in [3.8, 4) is 5.75 Å². The van der Waals surface area contributed by atoms with Crippen molar-refractivity contribution >= 4 is 0 Å². The highest BCUT2D eigenvalue weighted by molar-refractivity contribution is 5.29. The van der Waals surface area contributed by atoms with Gasteiger partial charge in [-0.05, 0) is 36.5 Å². The van der Waals surface area contributed by atoms with E-state index in [1.807, 2.05) is 12.1 Å². The van der Waals surface area contributed by atoms with Crippen LogP contribution in [0.25, 0.3) is 0 Å². The van der Waals surface area contributed by atoms with Crippen molar-refractivity contribution < 1.29 is 4.74 Å². The first kappa shape index (κ1) is 10.5. The largest absolute Gasteiger partial charge is 0.497 e. The second kappa shape index (κ2) is 4.67. The first-order valence-electron chi connectivity index (χ1n) is 5.71. The molecule has 1 aliphatic rings. The molecule has 1 aromatic rings. The lowest BCUT2D eigenvalue weighted by Gasteiger charge is -2.19. The predicted octanol–water partition coefficient (Wildman–Crippen LogP) is 2.89. The van der Waals surface area contributed by atoms with Crippen molar-refractivity contribution in [1.29, 1.82) is 0 Å². The van der Waals surface area contributed by atoms with Gasteiger partial charge in [0.05, 0.1) is 7.11 Å². The van der Waals surface area contributed by atoms with Gasteiger partial charge in [0.1, 0.15) is 5.75 Å². The monoisotopic (exact) mass is 205 g/mol. The molecule has 0 unspecified atom stereocenters. The summed E-state index contributed by atoms with van der Waals surface area (Å²) in [5.41, 5.74) is 7.49. The molecule has 0 amide bonds. The summed E-state index contributed by atoms with van der Waals surface area (Å²) in [5, 5.41) is 0. The van der Waals surface area contributed by atoms with E-state index in [1.165, 1.54) is 31.2 Å². The fraction of sp³-hybridized carbons (Fsp3) is 0.538. The molecule has 0 radical (unpaired) electrons. The molecule has 1 saturated carbocycles. The number of hydrogen-bond donors (Lipinski definition) is 1. The van der Waals surface area contributed by atoms with Gasteiger partial charge < -0.3 is 10.5 Å². The Labute approximate surface area is 91.4 Å². The van der Waals surface area contributed by atoms with E-state index in [-0.39, 0.29) is 6.04 Å². The molecular formula is C13H19NO. The fourth-order valence-electron chi connectivity index (χ4n) is 2.41. The molecule has 0 aliphatic heterocycles. The first-order chi connectivity index (χ1) is 7.31. The SMILES string of the molecule is COc1ccc([C@@H](N)C2CCCC2)cc1. The summed E-state index contributed by atoms with van der Waals surface area (Å²) in [6, 6.07) is 8.36. The number of nitrogens with two attached hydrogens (primary N) is 1. The van der Waals surface area contributed by atoms with E-state index in [1.54, 1.807) is 7.11 Å². The van der Waals surface area contributed by atoms with Gasteiger partial charge in [0.2, 0.25) is 0 Å². The molecule has 2 nitrogen and oxygen atoms in total. The smallest absolute Gasteiger partial charge is 0.118 e. The van der Waals surface area contributed by atoms with Crippen molar-refractivity contribution in [2.24, 2.45) is 11.7 Å². The predicted molar refractivity (Wildman–Crippen MR) is 61.9 cm³/mol. The summed E-state index contributed by atoms with van der Waals surface area (Å²) in [6.07, 6.45) is 5.25. The summed E-state index contributed by atoms with van der Waals surface area (Å²) >= 11 is 0. The van der Waals surface area contributed by atoms with Crippen LogP contribution in [0.1, 0.15) is 37.3 Å². The van der Waals surface area contributed by atoms with Crippen LogP contribution in [-0.4, -0.2) is 7.11 Å². The van der Waals surface area contributed by atoms with Gasteiger partial charge in [0.15, 0.2) is 0 Å². The molecule has 0 aromatic heterocycles. The van der Waals surface area contributed by atoms with Crippen molar-refractivity contribution in [1.82, 2.24) is 0 Å². The number of hydrogen-bond acceptors (Lipinski definition) is 2. The maximum atomic E-state index is 6.25. The van der Waals surface area contributed by atoms with Crippen LogP contribution >= 0.6 is 0 Å². The Morgan fingerprint density at radius 3 is 2.33 bits per heavy atom. The van der Waals surface area contributed by atoms with Gasteiger partial charge in [0.25, 0.3) is 0 Å². The molecule has 82 valence electrons. The molecule has 15 heavy (non-hydrogen) atoms. The normalized spacial score (nSPS) is 19.1. The summed E-state index contributed by atoms with van der Waals surface area (Å²) < 4.78 is 5.13. The minimum absolute atomic E-state index is 0.207. The molecule has 0 bridgehead atoms. The standard InChI is InChI=1S/C13H19NO/c1-15-12-8-6-11(7-9-12)13(14)10-4-2-3-5-10/h6-10,13H,2-5,14H2,1H3/t13-/m0/s1. The number of methoxy groups -OCH3 is 1. The lowest BCUT2D eigenvalue weighted by molar-refractivity contribution is 0.413. The van der Waals surface area contributed by atoms with Crippen molar-refractivity contribution in [2.75, 3.05) is 7.11 Å². The van der Waals surface area contributed by atoms with Gasteiger partial charge in [-0.3, -0.25) is 0 Å². The Kier molecular flexibility index (Phi) is 3.27. The minimum Gasteiger partial charge on any atom is -0.497 e.